The first kappa shape index (κ1) is 10.1. The number of aromatic hydroxyl groups is 1. The van der Waals surface area contributed by atoms with Crippen LogP contribution < -0.4 is 0 Å². The average molecular weight is 180 g/mol. The molecule has 0 aliphatic heterocycles. The molecular weight excluding hydrogens is 164 g/mol. The molecular formula is C11H16O2. The maximum atomic E-state index is 9.77. The summed E-state index contributed by atoms with van der Waals surface area (Å²) in [6.45, 7) is 5.81. The van der Waals surface area contributed by atoms with Crippen LogP contribution in [0.1, 0.15) is 29.5 Å². The van der Waals surface area contributed by atoms with Gasteiger partial charge in [0.15, 0.2) is 0 Å². The quantitative estimate of drug-likeness (QED) is 0.731. The van der Waals surface area contributed by atoms with Gasteiger partial charge in [0, 0.05) is 12.5 Å². The summed E-state index contributed by atoms with van der Waals surface area (Å²) in [7, 11) is 0. The second-order valence-corrected chi connectivity index (χ2v) is 3.53. The van der Waals surface area contributed by atoms with E-state index in [2.05, 4.69) is 0 Å². The smallest absolute Gasteiger partial charge is 0.122 e. The second-order valence-electron chi connectivity index (χ2n) is 3.53. The van der Waals surface area contributed by atoms with Gasteiger partial charge in [-0.05, 0) is 30.5 Å². The molecule has 0 heterocycles. The fourth-order valence-electron chi connectivity index (χ4n) is 1.32. The van der Waals surface area contributed by atoms with Crippen molar-refractivity contribution in [2.75, 3.05) is 6.61 Å². The van der Waals surface area contributed by atoms with Gasteiger partial charge >= 0.3 is 0 Å². The zero-order valence-electron chi connectivity index (χ0n) is 8.33. The predicted molar refractivity (Wildman–Crippen MR) is 53.1 cm³/mol. The largest absolute Gasteiger partial charge is 0.507 e. The first-order valence-electron chi connectivity index (χ1n) is 4.47. The number of aryl methyl sites for hydroxylation is 1. The fourth-order valence-corrected chi connectivity index (χ4v) is 1.32. The molecule has 0 bridgehead atoms. The van der Waals surface area contributed by atoms with E-state index in [1.165, 1.54) is 0 Å². The summed E-state index contributed by atoms with van der Waals surface area (Å²) in [6, 6.07) is 3.84. The van der Waals surface area contributed by atoms with Crippen molar-refractivity contribution in [1.29, 1.82) is 0 Å². The Balaban J connectivity index is 3.18. The summed E-state index contributed by atoms with van der Waals surface area (Å²) in [6.07, 6.45) is 0. The Morgan fingerprint density at radius 1 is 1.31 bits per heavy atom. The second kappa shape index (κ2) is 3.79. The Kier molecular flexibility index (Phi) is 2.94. The van der Waals surface area contributed by atoms with E-state index >= 15 is 0 Å². The van der Waals surface area contributed by atoms with Gasteiger partial charge in [-0.3, -0.25) is 0 Å². The molecule has 0 radical (unpaired) electrons. The molecule has 1 rings (SSSR count). The van der Waals surface area contributed by atoms with Crippen LogP contribution in [0.15, 0.2) is 12.1 Å². The third-order valence-corrected chi connectivity index (χ3v) is 2.54. The zero-order chi connectivity index (χ0) is 10.0. The van der Waals surface area contributed by atoms with Crippen LogP contribution in [0.4, 0.5) is 0 Å². The van der Waals surface area contributed by atoms with Gasteiger partial charge < -0.3 is 10.2 Å². The summed E-state index contributed by atoms with van der Waals surface area (Å²) in [5.41, 5.74) is 2.80. The number of aliphatic hydroxyl groups excluding tert-OH is 1. The molecule has 1 atom stereocenters. The van der Waals surface area contributed by atoms with Gasteiger partial charge in [0.05, 0.1) is 0 Å². The highest BCUT2D eigenvalue weighted by Crippen LogP contribution is 2.30. The topological polar surface area (TPSA) is 40.5 Å². The van der Waals surface area contributed by atoms with E-state index in [0.29, 0.717) is 5.75 Å². The number of aliphatic hydroxyl groups is 1. The van der Waals surface area contributed by atoms with E-state index in [1.54, 1.807) is 0 Å². The predicted octanol–water partition coefficient (Wildman–Crippen LogP) is 2.10. The van der Waals surface area contributed by atoms with Gasteiger partial charge in [-0.1, -0.05) is 19.1 Å². The standard InChI is InChI=1S/C11H16O2/c1-7-4-5-10(8(2)6-12)11(13)9(7)3/h4-5,8,12-13H,6H2,1-3H3. The third-order valence-electron chi connectivity index (χ3n) is 2.54. The fraction of sp³-hybridized carbons (Fsp3) is 0.455. The maximum absolute atomic E-state index is 9.77. The number of rotatable bonds is 2. The monoisotopic (exact) mass is 180 g/mol. The van der Waals surface area contributed by atoms with E-state index < -0.39 is 0 Å². The van der Waals surface area contributed by atoms with Gasteiger partial charge in [0.1, 0.15) is 5.75 Å². The molecule has 1 aromatic rings. The minimum Gasteiger partial charge on any atom is -0.507 e. The molecule has 0 amide bonds. The van der Waals surface area contributed by atoms with Crippen LogP contribution in [0.25, 0.3) is 0 Å². The Bertz CT molecular complexity index is 305. The number of benzene rings is 1. The number of hydrogen-bond donors (Lipinski definition) is 2. The van der Waals surface area contributed by atoms with Crippen molar-refractivity contribution in [2.45, 2.75) is 26.7 Å². The third kappa shape index (κ3) is 1.83. The lowest BCUT2D eigenvalue weighted by Gasteiger charge is -2.13. The minimum atomic E-state index is -0.000648. The molecule has 0 aliphatic rings. The normalized spacial score (nSPS) is 12.9. The molecule has 2 N–H and O–H groups in total. The Morgan fingerprint density at radius 3 is 2.46 bits per heavy atom. The van der Waals surface area contributed by atoms with Crippen molar-refractivity contribution in [1.82, 2.24) is 0 Å². The van der Waals surface area contributed by atoms with Crippen molar-refractivity contribution in [3.8, 4) is 5.75 Å². The highest BCUT2D eigenvalue weighted by Gasteiger charge is 2.11. The molecule has 2 heteroatoms. The summed E-state index contributed by atoms with van der Waals surface area (Å²) < 4.78 is 0. The van der Waals surface area contributed by atoms with Crippen LogP contribution in [-0.4, -0.2) is 16.8 Å². The van der Waals surface area contributed by atoms with E-state index in [1.807, 2.05) is 32.9 Å². The van der Waals surface area contributed by atoms with Crippen molar-refractivity contribution in [3.05, 3.63) is 28.8 Å². The van der Waals surface area contributed by atoms with Crippen LogP contribution in [0, 0.1) is 13.8 Å². The lowest BCUT2D eigenvalue weighted by Crippen LogP contribution is -2.00. The molecule has 0 saturated heterocycles. The highest BCUT2D eigenvalue weighted by molar-refractivity contribution is 5.45. The van der Waals surface area contributed by atoms with Gasteiger partial charge in [-0.2, -0.15) is 0 Å². The van der Waals surface area contributed by atoms with Gasteiger partial charge in [0.25, 0.3) is 0 Å². The molecule has 0 aromatic heterocycles. The summed E-state index contributed by atoms with van der Waals surface area (Å²) in [5, 5.41) is 18.7. The Labute approximate surface area is 78.8 Å². The van der Waals surface area contributed by atoms with Crippen molar-refractivity contribution >= 4 is 0 Å². The zero-order valence-corrected chi connectivity index (χ0v) is 8.33. The lowest BCUT2D eigenvalue weighted by atomic mass is 9.96. The molecule has 0 saturated carbocycles. The highest BCUT2D eigenvalue weighted by atomic mass is 16.3. The van der Waals surface area contributed by atoms with Crippen LogP contribution >= 0.6 is 0 Å². The summed E-state index contributed by atoms with van der Waals surface area (Å²) in [5.74, 6) is 0.320. The van der Waals surface area contributed by atoms with E-state index in [4.69, 9.17) is 5.11 Å². The Morgan fingerprint density at radius 2 is 1.92 bits per heavy atom. The van der Waals surface area contributed by atoms with Crippen LogP contribution in [0.3, 0.4) is 0 Å². The van der Waals surface area contributed by atoms with E-state index in [-0.39, 0.29) is 12.5 Å². The van der Waals surface area contributed by atoms with Crippen molar-refractivity contribution < 1.29 is 10.2 Å². The molecule has 0 aliphatic carbocycles. The number of phenols is 1. The molecule has 1 unspecified atom stereocenters. The molecule has 72 valence electrons. The lowest BCUT2D eigenvalue weighted by molar-refractivity contribution is 0.270. The van der Waals surface area contributed by atoms with Gasteiger partial charge in [-0.25, -0.2) is 0 Å². The first-order chi connectivity index (χ1) is 6.07. The van der Waals surface area contributed by atoms with Crippen molar-refractivity contribution in [3.63, 3.8) is 0 Å². The number of hydrogen-bond acceptors (Lipinski definition) is 2. The molecule has 1 aromatic carbocycles. The van der Waals surface area contributed by atoms with Gasteiger partial charge in [0.2, 0.25) is 0 Å². The van der Waals surface area contributed by atoms with E-state index in [0.717, 1.165) is 16.7 Å². The number of phenolic OH excluding ortho intramolecular Hbond substituents is 1. The molecule has 0 spiro atoms. The Hall–Kier alpha value is -1.02. The molecule has 2 nitrogen and oxygen atoms in total. The van der Waals surface area contributed by atoms with Crippen LogP contribution in [0.2, 0.25) is 0 Å². The first-order valence-corrected chi connectivity index (χ1v) is 4.47. The van der Waals surface area contributed by atoms with Crippen molar-refractivity contribution in [2.24, 2.45) is 0 Å². The maximum Gasteiger partial charge on any atom is 0.122 e. The van der Waals surface area contributed by atoms with Crippen LogP contribution in [-0.2, 0) is 0 Å². The molecule has 0 fully saturated rings. The molecule has 13 heavy (non-hydrogen) atoms. The van der Waals surface area contributed by atoms with Crippen LogP contribution in [0.5, 0.6) is 5.75 Å². The van der Waals surface area contributed by atoms with E-state index in [9.17, 15) is 5.11 Å². The SMILES string of the molecule is Cc1ccc(C(C)CO)c(O)c1C. The summed E-state index contributed by atoms with van der Waals surface area (Å²) >= 11 is 0. The average Bonchev–Trinajstić information content (AvgIpc) is 2.13. The summed E-state index contributed by atoms with van der Waals surface area (Å²) in [4.78, 5) is 0. The minimum absolute atomic E-state index is 0.000648. The van der Waals surface area contributed by atoms with Gasteiger partial charge in [-0.15, -0.1) is 0 Å².